The molecule has 0 aliphatic carbocycles. The van der Waals surface area contributed by atoms with Crippen molar-refractivity contribution in [3.8, 4) is 5.69 Å². The Labute approximate surface area is 181 Å². The number of imidazole rings is 1. The van der Waals surface area contributed by atoms with E-state index in [9.17, 15) is 4.79 Å². The third-order valence-corrected chi connectivity index (χ3v) is 5.03. The van der Waals surface area contributed by atoms with Crippen molar-refractivity contribution in [3.05, 3.63) is 83.7 Å². The van der Waals surface area contributed by atoms with Gasteiger partial charge in [-0.3, -0.25) is 9.36 Å². The Morgan fingerprint density at radius 1 is 1.00 bits per heavy atom. The van der Waals surface area contributed by atoms with E-state index in [4.69, 9.17) is 11.6 Å². The van der Waals surface area contributed by atoms with Crippen LogP contribution < -0.4 is 4.90 Å². The number of benzene rings is 2. The number of carbonyl (C=O) groups excluding carboxylic acids is 1. The number of anilines is 1. The van der Waals surface area contributed by atoms with Gasteiger partial charge in [-0.2, -0.15) is 0 Å². The van der Waals surface area contributed by atoms with Crippen molar-refractivity contribution in [1.29, 1.82) is 0 Å². The first-order valence-electron chi connectivity index (χ1n) is 9.27. The Bertz CT molecular complexity index is 979. The van der Waals surface area contributed by atoms with Crippen LogP contribution in [-0.4, -0.2) is 46.5 Å². The number of piperazine rings is 1. The standard InChI is InChI=1S/C22H21ClN4O.ClH/c23-19-7-4-8-20(17-19)27-12-11-24-22(27)26-15-13-25(14-16-26)21(28)10-9-18-5-2-1-3-6-18;/h1-12,17H,13-16H2;1H. The van der Waals surface area contributed by atoms with Crippen molar-refractivity contribution in [3.63, 3.8) is 0 Å². The number of hydrogen-bond donors (Lipinski definition) is 0. The molecule has 150 valence electrons. The van der Waals surface area contributed by atoms with Gasteiger partial charge >= 0.3 is 0 Å². The Balaban J connectivity index is 0.00000240. The zero-order chi connectivity index (χ0) is 19.3. The van der Waals surface area contributed by atoms with E-state index in [2.05, 4.69) is 9.88 Å². The zero-order valence-corrected chi connectivity index (χ0v) is 17.4. The highest BCUT2D eigenvalue weighted by Gasteiger charge is 2.22. The molecule has 1 aliphatic rings. The Hall–Kier alpha value is -2.76. The van der Waals surface area contributed by atoms with Gasteiger partial charge in [-0.25, -0.2) is 4.98 Å². The van der Waals surface area contributed by atoms with Crippen molar-refractivity contribution < 1.29 is 4.79 Å². The molecule has 0 saturated carbocycles. The quantitative estimate of drug-likeness (QED) is 0.581. The summed E-state index contributed by atoms with van der Waals surface area (Å²) in [6.07, 6.45) is 7.23. The summed E-state index contributed by atoms with van der Waals surface area (Å²) >= 11 is 6.13. The van der Waals surface area contributed by atoms with Gasteiger partial charge in [0, 0.05) is 55.4 Å². The maximum Gasteiger partial charge on any atom is 0.246 e. The molecule has 4 rings (SSSR count). The Kier molecular flexibility index (Phi) is 6.96. The zero-order valence-electron chi connectivity index (χ0n) is 15.8. The minimum atomic E-state index is 0. The lowest BCUT2D eigenvalue weighted by atomic mass is 10.2. The molecule has 1 saturated heterocycles. The fourth-order valence-electron chi connectivity index (χ4n) is 3.32. The highest BCUT2D eigenvalue weighted by molar-refractivity contribution is 6.30. The van der Waals surface area contributed by atoms with E-state index in [1.165, 1.54) is 0 Å². The van der Waals surface area contributed by atoms with Crippen molar-refractivity contribution in [2.45, 2.75) is 0 Å². The van der Waals surface area contributed by atoms with Crippen LogP contribution in [0.1, 0.15) is 5.56 Å². The Morgan fingerprint density at radius 2 is 1.76 bits per heavy atom. The third-order valence-electron chi connectivity index (χ3n) is 4.80. The second kappa shape index (κ2) is 9.63. The summed E-state index contributed by atoms with van der Waals surface area (Å²) in [6, 6.07) is 17.6. The molecule has 1 aromatic heterocycles. The second-order valence-electron chi connectivity index (χ2n) is 6.63. The molecular formula is C22H22Cl2N4O. The molecule has 3 aromatic rings. The van der Waals surface area contributed by atoms with Crippen LogP contribution in [0, 0.1) is 0 Å². The van der Waals surface area contributed by atoms with Crippen LogP contribution in [0.3, 0.4) is 0 Å². The lowest BCUT2D eigenvalue weighted by Crippen LogP contribution is -2.49. The predicted molar refractivity (Wildman–Crippen MR) is 120 cm³/mol. The maximum absolute atomic E-state index is 12.5. The van der Waals surface area contributed by atoms with Gasteiger partial charge in [-0.05, 0) is 29.8 Å². The fourth-order valence-corrected chi connectivity index (χ4v) is 3.51. The molecule has 1 amide bonds. The first kappa shape index (κ1) is 21.0. The molecule has 5 nitrogen and oxygen atoms in total. The monoisotopic (exact) mass is 428 g/mol. The average molecular weight is 429 g/mol. The number of halogens is 2. The smallest absolute Gasteiger partial charge is 0.246 e. The summed E-state index contributed by atoms with van der Waals surface area (Å²) in [4.78, 5) is 21.1. The topological polar surface area (TPSA) is 41.4 Å². The van der Waals surface area contributed by atoms with E-state index in [0.717, 1.165) is 30.3 Å². The highest BCUT2D eigenvalue weighted by atomic mass is 35.5. The van der Waals surface area contributed by atoms with E-state index in [-0.39, 0.29) is 18.3 Å². The van der Waals surface area contributed by atoms with E-state index in [1.807, 2.05) is 76.3 Å². The third kappa shape index (κ3) is 5.00. The molecule has 0 atom stereocenters. The fraction of sp³-hybridized carbons (Fsp3) is 0.182. The van der Waals surface area contributed by atoms with Crippen LogP contribution in [0.25, 0.3) is 11.8 Å². The summed E-state index contributed by atoms with van der Waals surface area (Å²) < 4.78 is 2.03. The summed E-state index contributed by atoms with van der Waals surface area (Å²) in [5.41, 5.74) is 2.00. The predicted octanol–water partition coefficient (Wildman–Crippen LogP) is 4.31. The number of aromatic nitrogens is 2. The van der Waals surface area contributed by atoms with Gasteiger partial charge in [0.1, 0.15) is 0 Å². The van der Waals surface area contributed by atoms with Gasteiger partial charge in [0.05, 0.1) is 0 Å². The molecule has 7 heteroatoms. The maximum atomic E-state index is 12.5. The SMILES string of the molecule is Cl.O=C(C=Cc1ccccc1)N1CCN(c2nccn2-c2cccc(Cl)c2)CC1. The van der Waals surface area contributed by atoms with Gasteiger partial charge in [-0.1, -0.05) is 48.0 Å². The summed E-state index contributed by atoms with van der Waals surface area (Å²) in [5.74, 6) is 0.913. The lowest BCUT2D eigenvalue weighted by molar-refractivity contribution is -0.126. The minimum Gasteiger partial charge on any atom is -0.338 e. The van der Waals surface area contributed by atoms with E-state index in [0.29, 0.717) is 18.1 Å². The number of nitrogens with zero attached hydrogens (tertiary/aromatic N) is 4. The van der Waals surface area contributed by atoms with Crippen LogP contribution in [0.4, 0.5) is 5.95 Å². The number of carbonyl (C=O) groups is 1. The van der Waals surface area contributed by atoms with Crippen LogP contribution in [0.15, 0.2) is 73.1 Å². The molecule has 2 heterocycles. The largest absolute Gasteiger partial charge is 0.338 e. The number of amides is 1. The Morgan fingerprint density at radius 3 is 2.48 bits per heavy atom. The summed E-state index contributed by atoms with van der Waals surface area (Å²) in [5, 5.41) is 0.692. The van der Waals surface area contributed by atoms with Crippen molar-refractivity contribution in [1.82, 2.24) is 14.5 Å². The summed E-state index contributed by atoms with van der Waals surface area (Å²) in [6.45, 7) is 2.81. The van der Waals surface area contributed by atoms with E-state index < -0.39 is 0 Å². The van der Waals surface area contributed by atoms with Crippen LogP contribution in [0.5, 0.6) is 0 Å². The van der Waals surface area contributed by atoms with Gasteiger partial charge in [-0.15, -0.1) is 12.4 Å². The number of rotatable bonds is 4. The van der Waals surface area contributed by atoms with Gasteiger partial charge in [0.15, 0.2) is 0 Å². The lowest BCUT2D eigenvalue weighted by Gasteiger charge is -2.35. The molecule has 0 bridgehead atoms. The van der Waals surface area contributed by atoms with Crippen LogP contribution >= 0.6 is 24.0 Å². The highest BCUT2D eigenvalue weighted by Crippen LogP contribution is 2.22. The van der Waals surface area contributed by atoms with E-state index in [1.54, 1.807) is 12.3 Å². The van der Waals surface area contributed by atoms with Crippen molar-refractivity contribution in [2.24, 2.45) is 0 Å². The van der Waals surface area contributed by atoms with Gasteiger partial charge in [0.25, 0.3) is 0 Å². The molecule has 1 aliphatic heterocycles. The molecular weight excluding hydrogens is 407 g/mol. The van der Waals surface area contributed by atoms with Crippen molar-refractivity contribution >= 4 is 41.9 Å². The minimum absolute atomic E-state index is 0. The second-order valence-corrected chi connectivity index (χ2v) is 7.07. The molecule has 0 spiro atoms. The molecule has 0 unspecified atom stereocenters. The first-order valence-corrected chi connectivity index (χ1v) is 9.65. The molecule has 1 fully saturated rings. The normalized spacial score (nSPS) is 14.1. The first-order chi connectivity index (χ1) is 13.7. The van der Waals surface area contributed by atoms with E-state index >= 15 is 0 Å². The average Bonchev–Trinajstić information content (AvgIpc) is 3.23. The number of hydrogen-bond acceptors (Lipinski definition) is 3. The van der Waals surface area contributed by atoms with Crippen molar-refractivity contribution in [2.75, 3.05) is 31.1 Å². The molecule has 29 heavy (non-hydrogen) atoms. The summed E-state index contributed by atoms with van der Waals surface area (Å²) in [7, 11) is 0. The van der Waals surface area contributed by atoms with Gasteiger partial charge < -0.3 is 9.80 Å². The molecule has 0 N–H and O–H groups in total. The molecule has 2 aromatic carbocycles. The van der Waals surface area contributed by atoms with Crippen LogP contribution in [-0.2, 0) is 4.79 Å². The van der Waals surface area contributed by atoms with Gasteiger partial charge in [0.2, 0.25) is 11.9 Å². The molecule has 0 radical (unpaired) electrons. The van der Waals surface area contributed by atoms with Crippen LogP contribution in [0.2, 0.25) is 5.02 Å².